The highest BCUT2D eigenvalue weighted by Crippen LogP contribution is 2.24. The Labute approximate surface area is 145 Å². The number of ether oxygens (including phenoxy) is 1. The number of hydrogen-bond donors (Lipinski definition) is 1. The molecular formula is C14H10Cl3NO3S. The molecule has 1 N–H and O–H groups in total. The zero-order valence-electron chi connectivity index (χ0n) is 11.2. The van der Waals surface area contributed by atoms with Gasteiger partial charge in [-0.3, -0.25) is 4.79 Å². The summed E-state index contributed by atoms with van der Waals surface area (Å²) in [7, 11) is 0. The smallest absolute Gasteiger partial charge is 0.349 e. The van der Waals surface area contributed by atoms with Crippen LogP contribution in [0.2, 0.25) is 14.4 Å². The van der Waals surface area contributed by atoms with Crippen LogP contribution in [0, 0.1) is 0 Å². The minimum absolute atomic E-state index is 0.329. The zero-order chi connectivity index (χ0) is 16.3. The number of nitrogens with one attached hydrogen (secondary N) is 1. The number of amides is 1. The summed E-state index contributed by atoms with van der Waals surface area (Å²) in [5.41, 5.74) is 0.421. The van der Waals surface area contributed by atoms with Crippen molar-refractivity contribution in [2.75, 3.05) is 5.32 Å². The van der Waals surface area contributed by atoms with E-state index >= 15 is 0 Å². The fourth-order valence-electron chi connectivity index (χ4n) is 1.57. The van der Waals surface area contributed by atoms with Crippen molar-refractivity contribution in [3.8, 4) is 0 Å². The Morgan fingerprint density at radius 3 is 2.32 bits per heavy atom. The predicted molar refractivity (Wildman–Crippen MR) is 89.3 cm³/mol. The Balaban J connectivity index is 1.98. The van der Waals surface area contributed by atoms with E-state index in [0.29, 0.717) is 24.9 Å². The van der Waals surface area contributed by atoms with Crippen LogP contribution in [0.15, 0.2) is 30.3 Å². The van der Waals surface area contributed by atoms with Gasteiger partial charge in [0.1, 0.15) is 4.88 Å². The Hall–Kier alpha value is -1.27. The molecule has 0 aliphatic rings. The Kier molecular flexibility index (Phi) is 5.69. The summed E-state index contributed by atoms with van der Waals surface area (Å²) in [5, 5.41) is 3.36. The molecule has 2 aromatic rings. The van der Waals surface area contributed by atoms with Gasteiger partial charge in [-0.1, -0.05) is 34.8 Å². The molecule has 0 saturated heterocycles. The van der Waals surface area contributed by atoms with Crippen LogP contribution in [0.1, 0.15) is 16.6 Å². The average Bonchev–Trinajstić information content (AvgIpc) is 2.84. The van der Waals surface area contributed by atoms with Gasteiger partial charge in [-0.15, -0.1) is 11.3 Å². The topological polar surface area (TPSA) is 55.4 Å². The molecule has 4 nitrogen and oxygen atoms in total. The van der Waals surface area contributed by atoms with Crippen molar-refractivity contribution in [3.05, 3.63) is 49.6 Å². The molecule has 22 heavy (non-hydrogen) atoms. The molecular weight excluding hydrogens is 369 g/mol. The monoisotopic (exact) mass is 377 g/mol. The second-order valence-corrected chi connectivity index (χ2v) is 6.89. The van der Waals surface area contributed by atoms with E-state index in [1.54, 1.807) is 24.3 Å². The highest BCUT2D eigenvalue weighted by Gasteiger charge is 2.20. The largest absolute Gasteiger partial charge is 0.448 e. The van der Waals surface area contributed by atoms with Crippen molar-refractivity contribution >= 4 is 63.7 Å². The number of halogens is 3. The summed E-state index contributed by atoms with van der Waals surface area (Å²) in [4.78, 5) is 24.2. The van der Waals surface area contributed by atoms with E-state index in [-0.39, 0.29) is 0 Å². The van der Waals surface area contributed by atoms with E-state index < -0.39 is 18.0 Å². The molecule has 0 spiro atoms. The van der Waals surface area contributed by atoms with E-state index in [2.05, 4.69) is 5.32 Å². The third-order valence-corrected chi connectivity index (χ3v) is 4.21. The molecule has 0 fully saturated rings. The van der Waals surface area contributed by atoms with Gasteiger partial charge in [0.25, 0.3) is 5.91 Å². The summed E-state index contributed by atoms with van der Waals surface area (Å²) >= 11 is 18.5. The zero-order valence-corrected chi connectivity index (χ0v) is 14.3. The summed E-state index contributed by atoms with van der Waals surface area (Å²) in [5.74, 6) is -1.10. The summed E-state index contributed by atoms with van der Waals surface area (Å²) in [6, 6.07) is 7.75. The van der Waals surface area contributed by atoms with Gasteiger partial charge >= 0.3 is 5.97 Å². The van der Waals surface area contributed by atoms with Crippen molar-refractivity contribution in [2.45, 2.75) is 13.0 Å². The first-order chi connectivity index (χ1) is 10.3. The lowest BCUT2D eigenvalue weighted by atomic mass is 10.3. The molecule has 2 rings (SSSR count). The SMILES string of the molecule is C[C@H](OC(=O)c1ccc(Cl)s1)C(=O)Nc1cc(Cl)cc(Cl)c1. The normalized spacial score (nSPS) is 11.8. The summed E-state index contributed by atoms with van der Waals surface area (Å²) in [6.07, 6.45) is -0.980. The Bertz CT molecular complexity index is 697. The van der Waals surface area contributed by atoms with Gasteiger partial charge in [0.2, 0.25) is 0 Å². The van der Waals surface area contributed by atoms with Gasteiger partial charge in [0.05, 0.1) is 4.34 Å². The van der Waals surface area contributed by atoms with Crippen molar-refractivity contribution in [2.24, 2.45) is 0 Å². The molecule has 1 aromatic heterocycles. The maximum atomic E-state index is 12.0. The molecule has 0 radical (unpaired) electrons. The maximum absolute atomic E-state index is 12.0. The van der Waals surface area contributed by atoms with Gasteiger partial charge in [0, 0.05) is 15.7 Å². The van der Waals surface area contributed by atoms with E-state index in [9.17, 15) is 9.59 Å². The number of anilines is 1. The maximum Gasteiger partial charge on any atom is 0.349 e. The van der Waals surface area contributed by atoms with Crippen molar-refractivity contribution in [1.29, 1.82) is 0 Å². The van der Waals surface area contributed by atoms with E-state index in [1.165, 1.54) is 13.0 Å². The molecule has 1 amide bonds. The summed E-state index contributed by atoms with van der Waals surface area (Å²) in [6.45, 7) is 1.47. The van der Waals surface area contributed by atoms with Crippen LogP contribution in [0.25, 0.3) is 0 Å². The minimum Gasteiger partial charge on any atom is -0.448 e. The lowest BCUT2D eigenvalue weighted by Gasteiger charge is -2.13. The summed E-state index contributed by atoms with van der Waals surface area (Å²) < 4.78 is 5.55. The Morgan fingerprint density at radius 2 is 1.77 bits per heavy atom. The third-order valence-electron chi connectivity index (χ3n) is 2.56. The molecule has 0 aliphatic heterocycles. The first kappa shape index (κ1) is 17.1. The van der Waals surface area contributed by atoms with Crippen LogP contribution < -0.4 is 5.32 Å². The molecule has 1 atom stereocenters. The molecule has 0 saturated carbocycles. The lowest BCUT2D eigenvalue weighted by molar-refractivity contribution is -0.123. The standard InChI is InChI=1S/C14H10Cl3NO3S/c1-7(21-14(20)11-2-3-12(17)22-11)13(19)18-10-5-8(15)4-9(16)6-10/h2-7H,1H3,(H,18,19)/t7-/m0/s1. The molecule has 116 valence electrons. The molecule has 0 aliphatic carbocycles. The van der Waals surface area contributed by atoms with Crippen LogP contribution in [-0.4, -0.2) is 18.0 Å². The predicted octanol–water partition coefficient (Wildman–Crippen LogP) is 4.89. The lowest BCUT2D eigenvalue weighted by Crippen LogP contribution is -2.29. The number of rotatable bonds is 4. The first-order valence-electron chi connectivity index (χ1n) is 6.08. The minimum atomic E-state index is -0.980. The number of carbonyl (C=O) groups excluding carboxylic acids is 2. The van der Waals surface area contributed by atoms with Gasteiger partial charge < -0.3 is 10.1 Å². The fourth-order valence-corrected chi connectivity index (χ4v) is 3.02. The van der Waals surface area contributed by atoms with Gasteiger partial charge in [0.15, 0.2) is 6.10 Å². The highest BCUT2D eigenvalue weighted by atomic mass is 35.5. The van der Waals surface area contributed by atoms with Crippen molar-refractivity contribution in [3.63, 3.8) is 0 Å². The number of thiophene rings is 1. The van der Waals surface area contributed by atoms with E-state index in [1.807, 2.05) is 0 Å². The number of benzene rings is 1. The van der Waals surface area contributed by atoms with Gasteiger partial charge in [-0.05, 0) is 37.3 Å². The fraction of sp³-hybridized carbons (Fsp3) is 0.143. The number of esters is 1. The van der Waals surface area contributed by atoms with Crippen LogP contribution in [0.4, 0.5) is 5.69 Å². The molecule has 8 heteroatoms. The van der Waals surface area contributed by atoms with Crippen LogP contribution in [0.3, 0.4) is 0 Å². The van der Waals surface area contributed by atoms with Gasteiger partial charge in [-0.2, -0.15) is 0 Å². The molecule has 0 bridgehead atoms. The Morgan fingerprint density at radius 1 is 1.14 bits per heavy atom. The van der Waals surface area contributed by atoms with Crippen LogP contribution in [-0.2, 0) is 9.53 Å². The quantitative estimate of drug-likeness (QED) is 0.770. The highest BCUT2D eigenvalue weighted by molar-refractivity contribution is 7.17. The van der Waals surface area contributed by atoms with Gasteiger partial charge in [-0.25, -0.2) is 4.79 Å². The second-order valence-electron chi connectivity index (χ2n) is 4.30. The molecule has 1 aromatic carbocycles. The molecule has 1 heterocycles. The number of carbonyl (C=O) groups is 2. The average molecular weight is 379 g/mol. The second kappa shape index (κ2) is 7.33. The molecule has 0 unspecified atom stereocenters. The number of hydrogen-bond acceptors (Lipinski definition) is 4. The van der Waals surface area contributed by atoms with Crippen LogP contribution in [0.5, 0.6) is 0 Å². The van der Waals surface area contributed by atoms with E-state index in [0.717, 1.165) is 11.3 Å². The van der Waals surface area contributed by atoms with Crippen LogP contribution >= 0.6 is 46.1 Å². The third kappa shape index (κ3) is 4.61. The van der Waals surface area contributed by atoms with Crippen molar-refractivity contribution in [1.82, 2.24) is 0 Å². The van der Waals surface area contributed by atoms with Crippen molar-refractivity contribution < 1.29 is 14.3 Å². The first-order valence-corrected chi connectivity index (χ1v) is 8.03. The van der Waals surface area contributed by atoms with E-state index in [4.69, 9.17) is 39.5 Å².